The Bertz CT molecular complexity index is 871. The molecule has 21 heavy (non-hydrogen) atoms. The minimum absolute atomic E-state index is 0.169. The normalized spacial score (nSPS) is 43.0. The van der Waals surface area contributed by atoms with Gasteiger partial charge in [0.15, 0.2) is 11.5 Å². The molecule has 0 N–H and O–H groups in total. The van der Waals surface area contributed by atoms with E-state index < -0.39 is 21.6 Å². The molecule has 2 fully saturated rings. The molecular formula is C5HN5O8P2S. The second-order valence-corrected chi connectivity index (χ2v) is 7.67. The maximum absolute atomic E-state index is 12.2. The number of hydroxylamine groups is 1. The number of hydrogen-bond donors (Lipinski definition) is 1. The largest absolute Gasteiger partial charge is 0.567 e. The molecule has 0 aromatic carbocycles. The van der Waals surface area contributed by atoms with Crippen molar-refractivity contribution in [1.29, 1.82) is 0 Å². The number of guanidine groups is 1. The van der Waals surface area contributed by atoms with Crippen LogP contribution in [0.25, 0.3) is 0 Å². The Labute approximate surface area is 119 Å². The summed E-state index contributed by atoms with van der Waals surface area (Å²) in [5.74, 6) is -1.21. The highest BCUT2D eigenvalue weighted by Gasteiger charge is 2.75. The molecule has 0 amide bonds. The van der Waals surface area contributed by atoms with Crippen LogP contribution in [0.1, 0.15) is 5.69 Å². The summed E-state index contributed by atoms with van der Waals surface area (Å²) in [7, 11) is -7.91. The quantitative estimate of drug-likeness (QED) is 0.324. The molecule has 0 saturated carbocycles. The van der Waals surface area contributed by atoms with Crippen molar-refractivity contribution < 1.29 is 35.9 Å². The Morgan fingerprint density at radius 3 is 2.86 bits per heavy atom. The van der Waals surface area contributed by atoms with Gasteiger partial charge in [-0.25, -0.2) is 22.1 Å². The Kier molecular flexibility index (Phi) is 1.52. The monoisotopic (exact) mass is 353 g/mol. The number of aromatic nitrogens is 2. The molecule has 1 aromatic rings. The summed E-state index contributed by atoms with van der Waals surface area (Å²) in [5.41, 5.74) is 0.178. The van der Waals surface area contributed by atoms with Crippen molar-refractivity contribution in [2.75, 3.05) is 5.01 Å². The summed E-state index contributed by atoms with van der Waals surface area (Å²) < 4.78 is 55.0. The number of thiol groups is 1. The molecule has 1 atom stereocenters. The minimum Gasteiger partial charge on any atom is -0.365 e. The van der Waals surface area contributed by atoms with Gasteiger partial charge in [-0.3, -0.25) is 0 Å². The Balaban J connectivity index is 1.69. The third kappa shape index (κ3) is 1.08. The molecule has 16 heteroatoms. The molecule has 6 aliphatic heterocycles. The van der Waals surface area contributed by atoms with Crippen LogP contribution in [0, 0.1) is 0 Å². The van der Waals surface area contributed by atoms with Gasteiger partial charge in [-0.1, -0.05) is 5.17 Å². The number of hydrazine groups is 1. The number of anilines is 1. The fourth-order valence-corrected chi connectivity index (χ4v) is 4.62. The van der Waals surface area contributed by atoms with Gasteiger partial charge in [0.25, 0.3) is 5.96 Å². The summed E-state index contributed by atoms with van der Waals surface area (Å²) in [6, 6.07) is -0.309. The van der Waals surface area contributed by atoms with Crippen molar-refractivity contribution in [3.8, 4) is 6.01 Å². The van der Waals surface area contributed by atoms with E-state index in [-0.39, 0.29) is 23.5 Å². The first-order chi connectivity index (χ1) is 9.96. The molecule has 1 unspecified atom stereocenters. The van der Waals surface area contributed by atoms with Crippen molar-refractivity contribution in [1.82, 2.24) is 14.9 Å². The average molecular weight is 353 g/mol. The summed E-state index contributed by atoms with van der Waals surface area (Å²) in [4.78, 5) is 8.17. The maximum atomic E-state index is 12.2. The summed E-state index contributed by atoms with van der Waals surface area (Å²) >= 11 is 3.46. The zero-order valence-electron chi connectivity index (χ0n) is 9.34. The van der Waals surface area contributed by atoms with Crippen molar-refractivity contribution in [2.45, 2.75) is 5.91 Å². The molecule has 110 valence electrons. The average Bonchev–Trinajstić information content (AvgIpc) is 2.90. The zero-order chi connectivity index (χ0) is 14.2. The first-order valence-electron chi connectivity index (χ1n) is 5.33. The van der Waals surface area contributed by atoms with Gasteiger partial charge in [-0.05, 0) is 12.9 Å². The van der Waals surface area contributed by atoms with Crippen LogP contribution in [0.2, 0.25) is 0 Å². The van der Waals surface area contributed by atoms with E-state index in [1.165, 1.54) is 5.01 Å². The van der Waals surface area contributed by atoms with Crippen LogP contribution >= 0.6 is 28.6 Å². The molecule has 2 saturated heterocycles. The lowest BCUT2D eigenvalue weighted by Crippen LogP contribution is -2.49. The molecule has 7 heterocycles. The smallest absolute Gasteiger partial charge is 0.365 e. The van der Waals surface area contributed by atoms with Crippen LogP contribution in [-0.4, -0.2) is 20.8 Å². The lowest BCUT2D eigenvalue weighted by Gasteiger charge is -2.45. The number of aliphatic imine (C=N–C) groups is 1. The van der Waals surface area contributed by atoms with Gasteiger partial charge in [0.1, 0.15) is 0 Å². The lowest BCUT2D eigenvalue weighted by molar-refractivity contribution is -0.253. The number of nitrogens with zero attached hydrogens (tertiary/aromatic N) is 5. The van der Waals surface area contributed by atoms with Gasteiger partial charge in [-0.15, -0.1) is 9.35 Å². The van der Waals surface area contributed by atoms with E-state index in [1.54, 1.807) is 0 Å². The highest BCUT2D eigenvalue weighted by Crippen LogP contribution is 2.74. The fraction of sp³-hybridized carbons (Fsp3) is 0.200. The Hall–Kier alpha value is -1.27. The van der Waals surface area contributed by atoms with E-state index in [1.807, 2.05) is 0 Å². The van der Waals surface area contributed by atoms with E-state index in [2.05, 4.69) is 26.9 Å². The van der Waals surface area contributed by atoms with E-state index in [0.717, 1.165) is 9.90 Å². The summed E-state index contributed by atoms with van der Waals surface area (Å²) in [6.45, 7) is 0. The van der Waals surface area contributed by atoms with Gasteiger partial charge in [0, 0.05) is 0 Å². The molecule has 4 bridgehead atoms. The lowest BCUT2D eigenvalue weighted by atomic mass is 10.3. The fourth-order valence-electron chi connectivity index (χ4n) is 2.39. The molecule has 13 nitrogen and oxygen atoms in total. The number of rotatable bonds is 1. The predicted molar refractivity (Wildman–Crippen MR) is 61.4 cm³/mol. The first-order valence-corrected chi connectivity index (χ1v) is 8.62. The van der Waals surface area contributed by atoms with Gasteiger partial charge in [-0.2, -0.15) is 15.0 Å². The number of fused-ring (bicyclic) bond motifs is 2. The highest BCUT2D eigenvalue weighted by molar-refractivity contribution is 7.80. The van der Waals surface area contributed by atoms with Crippen molar-refractivity contribution in [2.24, 2.45) is 4.99 Å². The Morgan fingerprint density at radius 2 is 2.10 bits per heavy atom. The number of phosphoric acid groups is 2. The van der Waals surface area contributed by atoms with Crippen LogP contribution in [0.5, 0.6) is 6.01 Å². The molecule has 1 spiro atoms. The summed E-state index contributed by atoms with van der Waals surface area (Å²) in [6.07, 6.45) is 0. The van der Waals surface area contributed by atoms with Crippen molar-refractivity contribution in [3.63, 3.8) is 0 Å². The van der Waals surface area contributed by atoms with Crippen molar-refractivity contribution >= 4 is 40.3 Å². The predicted octanol–water partition coefficient (Wildman–Crippen LogP) is 0.291. The third-order valence-electron chi connectivity index (χ3n) is 3.16. The van der Waals surface area contributed by atoms with Gasteiger partial charge in [0.05, 0.1) is 0 Å². The van der Waals surface area contributed by atoms with E-state index in [9.17, 15) is 9.13 Å². The third-order valence-corrected chi connectivity index (χ3v) is 6.01. The highest BCUT2D eigenvalue weighted by atomic mass is 32.1. The SMILES string of the molecule is O=P1(OS)Oc2nc3c4n2OP2(=O)OC4(N=C4N(O1)N43)O2. The van der Waals surface area contributed by atoms with Crippen LogP contribution < -0.4 is 14.2 Å². The summed E-state index contributed by atoms with van der Waals surface area (Å²) in [5, 5.41) is 2.36. The maximum Gasteiger partial charge on any atom is 0.567 e. The van der Waals surface area contributed by atoms with Crippen molar-refractivity contribution in [3.05, 3.63) is 5.69 Å². The standard InChI is InChI=1S/C5HN5O8P2S/c11-19(18-21)13-4-6-2-1-5(7-3-8(2)10(3)17-19)14-20(12,15-5)16-9(1)4/h21H. The number of phosphoric ester groups is 1. The number of hydrogen-bond acceptors (Lipinski definition) is 13. The molecule has 0 aliphatic carbocycles. The molecular weight excluding hydrogens is 352 g/mol. The second kappa shape index (κ2) is 2.82. The minimum atomic E-state index is -4.11. The zero-order valence-corrected chi connectivity index (χ0v) is 12.0. The Morgan fingerprint density at radius 1 is 1.29 bits per heavy atom. The topological polar surface area (TPSA) is 126 Å². The molecule has 7 rings (SSSR count). The molecule has 6 aliphatic rings. The van der Waals surface area contributed by atoms with Crippen LogP contribution in [0.15, 0.2) is 4.99 Å². The second-order valence-electron chi connectivity index (χ2n) is 4.35. The van der Waals surface area contributed by atoms with E-state index >= 15 is 0 Å². The molecule has 0 radical (unpaired) electrons. The van der Waals surface area contributed by atoms with Gasteiger partial charge < -0.3 is 9.15 Å². The van der Waals surface area contributed by atoms with Crippen LogP contribution in [0.4, 0.5) is 5.82 Å². The van der Waals surface area contributed by atoms with Crippen LogP contribution in [0.3, 0.4) is 0 Å². The first kappa shape index (κ1) is 11.3. The van der Waals surface area contributed by atoms with E-state index in [4.69, 9.17) is 22.8 Å². The van der Waals surface area contributed by atoms with E-state index in [0.29, 0.717) is 0 Å². The van der Waals surface area contributed by atoms with Gasteiger partial charge >= 0.3 is 27.6 Å². The van der Waals surface area contributed by atoms with Crippen LogP contribution in [-0.2, 0) is 32.7 Å². The molecule has 1 aromatic heterocycles. The van der Waals surface area contributed by atoms with Gasteiger partial charge in [0.2, 0.25) is 0 Å². The number of imidazole rings is 1.